The Morgan fingerprint density at radius 3 is 2.79 bits per heavy atom. The van der Waals surface area contributed by atoms with Crippen LogP contribution in [-0.4, -0.2) is 4.98 Å². The smallest absolute Gasteiger partial charge is 0.0705 e. The van der Waals surface area contributed by atoms with Gasteiger partial charge in [-0.2, -0.15) is 0 Å². The van der Waals surface area contributed by atoms with Gasteiger partial charge in [0.25, 0.3) is 0 Å². The lowest BCUT2D eigenvalue weighted by atomic mass is 9.77. The quantitative estimate of drug-likeness (QED) is 0.653. The first-order valence-corrected chi connectivity index (χ1v) is 7.04. The fourth-order valence-corrected chi connectivity index (χ4v) is 3.43. The number of hydrogen-bond acceptors (Lipinski definition) is 3. The predicted octanol–water partition coefficient (Wildman–Crippen LogP) is 3.32. The molecule has 1 aliphatic carbocycles. The molecule has 3 N–H and O–H groups in total. The third-order valence-electron chi connectivity index (χ3n) is 4.57. The van der Waals surface area contributed by atoms with E-state index in [1.54, 1.807) is 0 Å². The zero-order valence-corrected chi connectivity index (χ0v) is 11.4. The van der Waals surface area contributed by atoms with Crippen molar-refractivity contribution in [2.75, 3.05) is 0 Å². The van der Waals surface area contributed by atoms with Crippen LogP contribution in [0.3, 0.4) is 0 Å². The molecule has 0 aliphatic heterocycles. The molecule has 0 radical (unpaired) electrons. The molecular weight excluding hydrogens is 234 g/mol. The van der Waals surface area contributed by atoms with Crippen LogP contribution in [0.25, 0.3) is 10.9 Å². The lowest BCUT2D eigenvalue weighted by Crippen LogP contribution is -2.38. The first-order valence-electron chi connectivity index (χ1n) is 7.04. The third kappa shape index (κ3) is 2.24. The van der Waals surface area contributed by atoms with E-state index in [1.807, 2.05) is 12.3 Å². The molecule has 1 aliphatic rings. The summed E-state index contributed by atoms with van der Waals surface area (Å²) in [7, 11) is 0. The van der Waals surface area contributed by atoms with Gasteiger partial charge in [-0.3, -0.25) is 16.3 Å². The van der Waals surface area contributed by atoms with Gasteiger partial charge in [0, 0.05) is 11.6 Å². The molecule has 1 fully saturated rings. The topological polar surface area (TPSA) is 50.9 Å². The van der Waals surface area contributed by atoms with E-state index in [9.17, 15) is 0 Å². The van der Waals surface area contributed by atoms with Crippen LogP contribution in [-0.2, 0) is 0 Å². The lowest BCUT2D eigenvalue weighted by molar-refractivity contribution is 0.225. The van der Waals surface area contributed by atoms with Crippen molar-refractivity contribution >= 4 is 10.9 Å². The molecule has 1 aromatic carbocycles. The monoisotopic (exact) mass is 255 g/mol. The molecule has 19 heavy (non-hydrogen) atoms. The Morgan fingerprint density at radius 2 is 2.05 bits per heavy atom. The van der Waals surface area contributed by atoms with Crippen LogP contribution in [0, 0.1) is 5.41 Å². The summed E-state index contributed by atoms with van der Waals surface area (Å²) in [5.74, 6) is 5.84. The Balaban J connectivity index is 2.01. The van der Waals surface area contributed by atoms with Gasteiger partial charge in [0.05, 0.1) is 11.6 Å². The highest BCUT2D eigenvalue weighted by atomic mass is 15.2. The van der Waals surface area contributed by atoms with E-state index in [1.165, 1.54) is 36.6 Å². The van der Waals surface area contributed by atoms with Gasteiger partial charge in [-0.1, -0.05) is 38.0 Å². The molecule has 3 rings (SSSR count). The Morgan fingerprint density at radius 1 is 1.26 bits per heavy atom. The number of nitrogens with two attached hydrogens (primary N) is 1. The molecule has 100 valence electrons. The highest BCUT2D eigenvalue weighted by Crippen LogP contribution is 2.47. The van der Waals surface area contributed by atoms with E-state index < -0.39 is 0 Å². The second kappa shape index (κ2) is 4.91. The fourth-order valence-electron chi connectivity index (χ4n) is 3.43. The van der Waals surface area contributed by atoms with Crippen molar-refractivity contribution in [1.29, 1.82) is 0 Å². The molecule has 0 bridgehead atoms. The van der Waals surface area contributed by atoms with Crippen LogP contribution in [0.4, 0.5) is 0 Å². The number of rotatable bonds is 3. The first-order chi connectivity index (χ1) is 9.23. The van der Waals surface area contributed by atoms with Crippen molar-refractivity contribution in [3.05, 3.63) is 42.1 Å². The van der Waals surface area contributed by atoms with Crippen LogP contribution in [0.5, 0.6) is 0 Å². The Bertz CT molecular complexity index is 573. The van der Waals surface area contributed by atoms with Crippen LogP contribution in [0.1, 0.15) is 44.2 Å². The highest BCUT2D eigenvalue weighted by Gasteiger charge is 2.37. The lowest BCUT2D eigenvalue weighted by Gasteiger charge is -2.34. The average molecular weight is 255 g/mol. The molecule has 0 spiro atoms. The van der Waals surface area contributed by atoms with Gasteiger partial charge in [0.2, 0.25) is 0 Å². The van der Waals surface area contributed by atoms with Gasteiger partial charge >= 0.3 is 0 Å². The van der Waals surface area contributed by atoms with Gasteiger partial charge in [-0.15, -0.1) is 0 Å². The fraction of sp³-hybridized carbons (Fsp3) is 0.438. The molecule has 3 heteroatoms. The molecule has 1 unspecified atom stereocenters. The molecule has 1 atom stereocenters. The van der Waals surface area contributed by atoms with E-state index in [0.29, 0.717) is 0 Å². The molecule has 3 nitrogen and oxygen atoms in total. The van der Waals surface area contributed by atoms with Crippen molar-refractivity contribution in [3.8, 4) is 0 Å². The molecule has 1 heterocycles. The zero-order valence-electron chi connectivity index (χ0n) is 11.4. The van der Waals surface area contributed by atoms with Crippen LogP contribution in [0.2, 0.25) is 0 Å². The maximum absolute atomic E-state index is 5.84. The molecule has 0 saturated heterocycles. The standard InChI is InChI=1S/C16H21N3/c1-16(8-2-3-9-16)15(19-17)13-7-6-12-5-4-10-18-14(12)11-13/h4-7,10-11,15,19H,2-3,8-9,17H2,1H3. The third-order valence-corrected chi connectivity index (χ3v) is 4.57. The summed E-state index contributed by atoms with van der Waals surface area (Å²) in [5.41, 5.74) is 5.59. The summed E-state index contributed by atoms with van der Waals surface area (Å²) in [6.07, 6.45) is 6.93. The Kier molecular flexibility index (Phi) is 3.25. The summed E-state index contributed by atoms with van der Waals surface area (Å²) in [6, 6.07) is 10.8. The SMILES string of the molecule is CC1(C(NN)c2ccc3cccnc3c2)CCCC1. The van der Waals surface area contributed by atoms with Gasteiger partial charge in [0.15, 0.2) is 0 Å². The van der Waals surface area contributed by atoms with Crippen molar-refractivity contribution in [2.45, 2.75) is 38.6 Å². The van der Waals surface area contributed by atoms with E-state index >= 15 is 0 Å². The number of aromatic nitrogens is 1. The van der Waals surface area contributed by atoms with Gasteiger partial charge in [-0.25, -0.2) is 0 Å². The molecule has 1 saturated carbocycles. The van der Waals surface area contributed by atoms with Crippen molar-refractivity contribution in [2.24, 2.45) is 11.3 Å². The summed E-state index contributed by atoms with van der Waals surface area (Å²) in [4.78, 5) is 4.44. The van der Waals surface area contributed by atoms with Crippen LogP contribution in [0.15, 0.2) is 36.5 Å². The largest absolute Gasteiger partial charge is 0.271 e. The summed E-state index contributed by atoms with van der Waals surface area (Å²) in [5, 5.41) is 1.18. The van der Waals surface area contributed by atoms with Gasteiger partial charge < -0.3 is 0 Å². The minimum absolute atomic E-state index is 0.210. The summed E-state index contributed by atoms with van der Waals surface area (Å²) >= 11 is 0. The van der Waals surface area contributed by atoms with Crippen molar-refractivity contribution in [1.82, 2.24) is 10.4 Å². The van der Waals surface area contributed by atoms with E-state index in [4.69, 9.17) is 5.84 Å². The number of hydrogen-bond donors (Lipinski definition) is 2. The van der Waals surface area contributed by atoms with Crippen molar-refractivity contribution in [3.63, 3.8) is 0 Å². The number of pyridine rings is 1. The van der Waals surface area contributed by atoms with Crippen molar-refractivity contribution < 1.29 is 0 Å². The minimum atomic E-state index is 0.210. The van der Waals surface area contributed by atoms with Gasteiger partial charge in [0.1, 0.15) is 0 Å². The second-order valence-electron chi connectivity index (χ2n) is 5.92. The Labute approximate surface area is 114 Å². The number of hydrazine groups is 1. The maximum Gasteiger partial charge on any atom is 0.0705 e. The van der Waals surface area contributed by atoms with E-state index in [2.05, 4.69) is 41.6 Å². The summed E-state index contributed by atoms with van der Waals surface area (Å²) in [6.45, 7) is 2.34. The molecule has 2 aromatic rings. The number of benzene rings is 1. The molecule has 1 aromatic heterocycles. The zero-order chi connectivity index (χ0) is 13.3. The highest BCUT2D eigenvalue weighted by molar-refractivity contribution is 5.79. The Hall–Kier alpha value is -1.45. The van der Waals surface area contributed by atoms with Crippen LogP contribution < -0.4 is 11.3 Å². The molecular formula is C16H21N3. The van der Waals surface area contributed by atoms with Gasteiger partial charge in [-0.05, 0) is 36.0 Å². The number of nitrogens with zero attached hydrogens (tertiary/aromatic N) is 1. The average Bonchev–Trinajstić information content (AvgIpc) is 2.87. The second-order valence-corrected chi connectivity index (χ2v) is 5.92. The first kappa shape index (κ1) is 12.6. The number of nitrogens with one attached hydrogen (secondary N) is 1. The summed E-state index contributed by atoms with van der Waals surface area (Å²) < 4.78 is 0. The maximum atomic E-state index is 5.84. The minimum Gasteiger partial charge on any atom is -0.271 e. The predicted molar refractivity (Wildman–Crippen MR) is 78.4 cm³/mol. The van der Waals surface area contributed by atoms with E-state index in [0.717, 1.165) is 5.52 Å². The van der Waals surface area contributed by atoms with E-state index in [-0.39, 0.29) is 11.5 Å². The number of fused-ring (bicyclic) bond motifs is 1. The normalized spacial score (nSPS) is 19.7. The van der Waals surface area contributed by atoms with Crippen LogP contribution >= 0.6 is 0 Å². The molecule has 0 amide bonds.